The van der Waals surface area contributed by atoms with E-state index >= 15 is 0 Å². The summed E-state index contributed by atoms with van der Waals surface area (Å²) < 4.78 is 8.17. The van der Waals surface area contributed by atoms with Crippen LogP contribution in [0.3, 0.4) is 0 Å². The van der Waals surface area contributed by atoms with Crippen LogP contribution >= 0.6 is 15.9 Å². The Kier molecular flexibility index (Phi) is 4.90. The third kappa shape index (κ3) is 3.46. The van der Waals surface area contributed by atoms with Crippen molar-refractivity contribution in [2.75, 3.05) is 7.11 Å². The number of fused-ring (bicyclic) bond motifs is 1. The number of nitrogens with zero attached hydrogens (tertiary/aromatic N) is 1. The number of rotatable bonds is 5. The van der Waals surface area contributed by atoms with Crippen molar-refractivity contribution in [2.45, 2.75) is 19.5 Å². The van der Waals surface area contributed by atoms with Gasteiger partial charge in [-0.3, -0.25) is 4.79 Å². The van der Waals surface area contributed by atoms with Gasteiger partial charge in [-0.05, 0) is 42.8 Å². The van der Waals surface area contributed by atoms with Gasteiger partial charge >= 0.3 is 0 Å². The lowest BCUT2D eigenvalue weighted by Crippen LogP contribution is -2.30. The van der Waals surface area contributed by atoms with Gasteiger partial charge in [-0.15, -0.1) is 0 Å². The Balaban J connectivity index is 1.72. The molecule has 0 saturated carbocycles. The van der Waals surface area contributed by atoms with Crippen LogP contribution in [0, 0.1) is 0 Å². The Morgan fingerprint density at radius 1 is 1.25 bits per heavy atom. The third-order valence-electron chi connectivity index (χ3n) is 4.04. The molecule has 0 fully saturated rings. The standard InChI is InChI=1S/C19H19BrN2O2/c1-13(16-5-3-4-6-17(16)20)21-19(23)12-22-10-9-14-11-15(24-2)7-8-18(14)22/h3-11,13H,12H2,1-2H3,(H,21,23). The van der Waals surface area contributed by atoms with E-state index in [9.17, 15) is 4.79 Å². The van der Waals surface area contributed by atoms with E-state index < -0.39 is 0 Å². The minimum atomic E-state index is -0.0602. The van der Waals surface area contributed by atoms with Gasteiger partial charge in [0.2, 0.25) is 5.91 Å². The average molecular weight is 387 g/mol. The van der Waals surface area contributed by atoms with E-state index in [-0.39, 0.29) is 18.5 Å². The van der Waals surface area contributed by atoms with Crippen LogP contribution in [0.1, 0.15) is 18.5 Å². The first-order valence-corrected chi connectivity index (χ1v) is 8.54. The lowest BCUT2D eigenvalue weighted by Gasteiger charge is -2.16. The second-order valence-electron chi connectivity index (χ2n) is 5.68. The van der Waals surface area contributed by atoms with Gasteiger partial charge in [0.15, 0.2) is 0 Å². The molecule has 1 heterocycles. The Morgan fingerprint density at radius 3 is 2.79 bits per heavy atom. The number of ether oxygens (including phenoxy) is 1. The predicted molar refractivity (Wildman–Crippen MR) is 99.2 cm³/mol. The van der Waals surface area contributed by atoms with Gasteiger partial charge in [0.25, 0.3) is 0 Å². The fourth-order valence-electron chi connectivity index (χ4n) is 2.79. The maximum atomic E-state index is 12.4. The van der Waals surface area contributed by atoms with Gasteiger partial charge in [-0.2, -0.15) is 0 Å². The topological polar surface area (TPSA) is 43.3 Å². The van der Waals surface area contributed by atoms with Crippen LogP contribution in [-0.4, -0.2) is 17.6 Å². The number of aromatic nitrogens is 1. The van der Waals surface area contributed by atoms with E-state index in [0.29, 0.717) is 0 Å². The highest BCUT2D eigenvalue weighted by Crippen LogP contribution is 2.24. The molecule has 5 heteroatoms. The number of nitrogens with one attached hydrogen (secondary N) is 1. The summed E-state index contributed by atoms with van der Waals surface area (Å²) in [5, 5.41) is 4.10. The largest absolute Gasteiger partial charge is 0.497 e. The highest BCUT2D eigenvalue weighted by molar-refractivity contribution is 9.10. The molecule has 1 aromatic heterocycles. The summed E-state index contributed by atoms with van der Waals surface area (Å²) in [6.07, 6.45) is 1.92. The van der Waals surface area contributed by atoms with E-state index in [1.165, 1.54) is 0 Å². The van der Waals surface area contributed by atoms with Gasteiger partial charge < -0.3 is 14.6 Å². The van der Waals surface area contributed by atoms with Crippen LogP contribution in [0.2, 0.25) is 0 Å². The van der Waals surface area contributed by atoms with Gasteiger partial charge in [0, 0.05) is 21.6 Å². The van der Waals surface area contributed by atoms with E-state index in [1.54, 1.807) is 7.11 Å². The number of halogens is 1. The lowest BCUT2D eigenvalue weighted by molar-refractivity contribution is -0.122. The molecule has 124 valence electrons. The second-order valence-corrected chi connectivity index (χ2v) is 6.53. The fraction of sp³-hybridized carbons (Fsp3) is 0.211. The van der Waals surface area contributed by atoms with Crippen LogP contribution in [0.25, 0.3) is 10.9 Å². The van der Waals surface area contributed by atoms with Crippen molar-refractivity contribution in [1.82, 2.24) is 9.88 Å². The molecular formula is C19H19BrN2O2. The molecule has 1 N–H and O–H groups in total. The quantitative estimate of drug-likeness (QED) is 0.710. The molecular weight excluding hydrogens is 368 g/mol. The maximum Gasteiger partial charge on any atom is 0.240 e. The molecule has 1 unspecified atom stereocenters. The number of methoxy groups -OCH3 is 1. The summed E-state index contributed by atoms with van der Waals surface area (Å²) in [6, 6.07) is 15.7. The molecule has 0 aliphatic carbocycles. The van der Waals surface area contributed by atoms with Crippen molar-refractivity contribution in [3.63, 3.8) is 0 Å². The van der Waals surface area contributed by atoms with E-state index in [1.807, 2.05) is 66.2 Å². The van der Waals surface area contributed by atoms with Gasteiger partial charge in [-0.25, -0.2) is 0 Å². The van der Waals surface area contributed by atoms with Crippen LogP contribution in [0.4, 0.5) is 0 Å². The number of hydrogen-bond donors (Lipinski definition) is 1. The molecule has 1 atom stereocenters. The maximum absolute atomic E-state index is 12.4. The molecule has 2 aromatic carbocycles. The third-order valence-corrected chi connectivity index (χ3v) is 4.76. The van der Waals surface area contributed by atoms with Crippen LogP contribution in [0.15, 0.2) is 59.2 Å². The van der Waals surface area contributed by atoms with Crippen LogP contribution in [-0.2, 0) is 11.3 Å². The van der Waals surface area contributed by atoms with Crippen molar-refractivity contribution in [3.8, 4) is 5.75 Å². The molecule has 0 bridgehead atoms. The van der Waals surface area contributed by atoms with Gasteiger partial charge in [0.1, 0.15) is 12.3 Å². The van der Waals surface area contributed by atoms with Gasteiger partial charge in [0.05, 0.1) is 13.2 Å². The highest BCUT2D eigenvalue weighted by atomic mass is 79.9. The SMILES string of the molecule is COc1ccc2c(ccn2CC(=O)NC(C)c2ccccc2Br)c1. The molecule has 0 saturated heterocycles. The minimum absolute atomic E-state index is 0.0217. The van der Waals surface area contributed by atoms with Crippen LogP contribution in [0.5, 0.6) is 5.75 Å². The molecule has 0 aliphatic heterocycles. The van der Waals surface area contributed by atoms with Crippen molar-refractivity contribution in [3.05, 3.63) is 64.8 Å². The van der Waals surface area contributed by atoms with E-state index in [4.69, 9.17) is 4.74 Å². The van der Waals surface area contributed by atoms with E-state index in [0.717, 1.165) is 26.7 Å². The molecule has 24 heavy (non-hydrogen) atoms. The summed E-state index contributed by atoms with van der Waals surface area (Å²) in [7, 11) is 1.65. The molecule has 1 amide bonds. The zero-order valence-electron chi connectivity index (χ0n) is 13.6. The first kappa shape index (κ1) is 16.6. The Morgan fingerprint density at radius 2 is 2.04 bits per heavy atom. The second kappa shape index (κ2) is 7.09. The smallest absolute Gasteiger partial charge is 0.240 e. The average Bonchev–Trinajstić information content (AvgIpc) is 2.97. The molecule has 0 radical (unpaired) electrons. The zero-order valence-corrected chi connectivity index (χ0v) is 15.2. The highest BCUT2D eigenvalue weighted by Gasteiger charge is 2.13. The summed E-state index contributed by atoms with van der Waals surface area (Å²) >= 11 is 3.53. The Labute approximate surface area is 149 Å². The minimum Gasteiger partial charge on any atom is -0.497 e. The summed E-state index contributed by atoms with van der Waals surface area (Å²) in [4.78, 5) is 12.4. The lowest BCUT2D eigenvalue weighted by atomic mass is 10.1. The van der Waals surface area contributed by atoms with E-state index in [2.05, 4.69) is 21.2 Å². The summed E-state index contributed by atoms with van der Waals surface area (Å²) in [6.45, 7) is 2.27. The predicted octanol–water partition coefficient (Wildman–Crippen LogP) is 4.29. The van der Waals surface area contributed by atoms with Crippen molar-refractivity contribution in [2.24, 2.45) is 0 Å². The molecule has 0 aliphatic rings. The monoisotopic (exact) mass is 386 g/mol. The van der Waals surface area contributed by atoms with Crippen LogP contribution < -0.4 is 10.1 Å². The molecule has 4 nitrogen and oxygen atoms in total. The summed E-state index contributed by atoms with van der Waals surface area (Å²) in [5.74, 6) is 0.791. The normalized spacial score (nSPS) is 12.1. The number of benzene rings is 2. The first-order chi connectivity index (χ1) is 11.6. The van der Waals surface area contributed by atoms with Crippen molar-refractivity contribution < 1.29 is 9.53 Å². The number of carbonyl (C=O) groups is 1. The molecule has 0 spiro atoms. The van der Waals surface area contributed by atoms with Gasteiger partial charge in [-0.1, -0.05) is 34.1 Å². The Hall–Kier alpha value is -2.27. The number of carbonyl (C=O) groups excluding carboxylic acids is 1. The molecule has 3 rings (SSSR count). The fourth-order valence-corrected chi connectivity index (χ4v) is 3.42. The number of amides is 1. The zero-order chi connectivity index (χ0) is 17.1. The van der Waals surface area contributed by atoms with Crippen molar-refractivity contribution in [1.29, 1.82) is 0 Å². The number of hydrogen-bond acceptors (Lipinski definition) is 2. The Bertz CT molecular complexity index is 873. The summed E-state index contributed by atoms with van der Waals surface area (Å²) in [5.41, 5.74) is 2.08. The van der Waals surface area contributed by atoms with Crippen molar-refractivity contribution >= 4 is 32.7 Å². The molecule has 3 aromatic rings. The first-order valence-electron chi connectivity index (χ1n) is 7.75.